The molecule has 1 aliphatic heterocycles. The van der Waals surface area contributed by atoms with Gasteiger partial charge in [0.05, 0.1) is 19.3 Å². The number of rotatable bonds is 3. The van der Waals surface area contributed by atoms with Gasteiger partial charge in [-0.2, -0.15) is 5.26 Å². The van der Waals surface area contributed by atoms with E-state index < -0.39 is 12.0 Å². The van der Waals surface area contributed by atoms with Crippen molar-refractivity contribution in [2.75, 3.05) is 26.8 Å². The van der Waals surface area contributed by atoms with Crippen LogP contribution < -0.4 is 5.32 Å². The van der Waals surface area contributed by atoms with E-state index in [-0.39, 0.29) is 18.4 Å². The fourth-order valence-electron chi connectivity index (χ4n) is 2.33. The van der Waals surface area contributed by atoms with Gasteiger partial charge in [-0.15, -0.1) is 0 Å². The zero-order valence-electron chi connectivity index (χ0n) is 11.8. The summed E-state index contributed by atoms with van der Waals surface area (Å²) in [6.07, 6.45) is 0. The summed E-state index contributed by atoms with van der Waals surface area (Å²) in [5.41, 5.74) is 0.632. The molecule has 1 heterocycles. The van der Waals surface area contributed by atoms with Gasteiger partial charge in [-0.25, -0.2) is 0 Å². The molecule has 0 radical (unpaired) electrons. The molecule has 0 spiro atoms. The highest BCUT2D eigenvalue weighted by molar-refractivity contribution is 5.92. The number of nitrogens with zero attached hydrogens (tertiary/aromatic N) is 2. The highest BCUT2D eigenvalue weighted by Gasteiger charge is 2.36. The second-order valence-electron chi connectivity index (χ2n) is 4.71. The lowest BCUT2D eigenvalue weighted by atomic mass is 9.98. The third-order valence-electron chi connectivity index (χ3n) is 3.47. The van der Waals surface area contributed by atoms with E-state index in [0.717, 1.165) is 0 Å². The molecule has 1 fully saturated rings. The number of likely N-dealkylation sites (N-methyl/N-ethyl adjacent to an activating group) is 1. The average molecular weight is 287 g/mol. The normalized spacial score (nSPS) is 19.4. The molecular weight excluding hydrogens is 270 g/mol. The van der Waals surface area contributed by atoms with Crippen molar-refractivity contribution in [3.8, 4) is 6.07 Å². The van der Waals surface area contributed by atoms with Crippen molar-refractivity contribution >= 4 is 11.8 Å². The van der Waals surface area contributed by atoms with E-state index in [2.05, 4.69) is 5.32 Å². The quantitative estimate of drug-likeness (QED) is 0.865. The van der Waals surface area contributed by atoms with Crippen molar-refractivity contribution in [1.82, 2.24) is 10.2 Å². The summed E-state index contributed by atoms with van der Waals surface area (Å²) in [5.74, 6) is -1.55. The Balaban J connectivity index is 2.23. The van der Waals surface area contributed by atoms with Crippen molar-refractivity contribution in [3.05, 3.63) is 35.9 Å². The molecule has 1 aromatic carbocycles. The van der Waals surface area contributed by atoms with Crippen LogP contribution in [0.1, 0.15) is 11.5 Å². The van der Waals surface area contributed by atoms with E-state index >= 15 is 0 Å². The molecule has 0 aliphatic carbocycles. The number of morpholine rings is 1. The number of hydrogen-bond donors (Lipinski definition) is 1. The first-order chi connectivity index (χ1) is 10.2. The molecule has 1 aliphatic rings. The zero-order chi connectivity index (χ0) is 15.2. The SMILES string of the molecule is CNC(=O)C1COCCN1C(=O)C(C#N)c1ccccc1. The van der Waals surface area contributed by atoms with E-state index in [1.165, 1.54) is 11.9 Å². The average Bonchev–Trinajstić information content (AvgIpc) is 2.55. The number of amides is 2. The van der Waals surface area contributed by atoms with Gasteiger partial charge < -0.3 is 15.0 Å². The Morgan fingerprint density at radius 3 is 2.76 bits per heavy atom. The van der Waals surface area contributed by atoms with Gasteiger partial charge in [0, 0.05) is 13.6 Å². The van der Waals surface area contributed by atoms with Crippen LogP contribution in [0.15, 0.2) is 30.3 Å². The summed E-state index contributed by atoms with van der Waals surface area (Å²) in [4.78, 5) is 25.9. The monoisotopic (exact) mass is 287 g/mol. The van der Waals surface area contributed by atoms with Crippen molar-refractivity contribution in [2.45, 2.75) is 12.0 Å². The third kappa shape index (κ3) is 3.20. The van der Waals surface area contributed by atoms with Crippen molar-refractivity contribution < 1.29 is 14.3 Å². The summed E-state index contributed by atoms with van der Waals surface area (Å²) in [7, 11) is 1.51. The molecule has 110 valence electrons. The maximum atomic E-state index is 12.6. The second kappa shape index (κ2) is 6.86. The third-order valence-corrected chi connectivity index (χ3v) is 3.47. The Bertz CT molecular complexity index is 553. The van der Waals surface area contributed by atoms with Gasteiger partial charge in [0.25, 0.3) is 0 Å². The predicted molar refractivity (Wildman–Crippen MR) is 75.2 cm³/mol. The van der Waals surface area contributed by atoms with E-state index in [1.54, 1.807) is 24.3 Å². The minimum atomic E-state index is -0.906. The van der Waals surface area contributed by atoms with E-state index in [4.69, 9.17) is 4.74 Å². The molecular formula is C15H17N3O3. The molecule has 6 nitrogen and oxygen atoms in total. The number of ether oxygens (including phenoxy) is 1. The van der Waals surface area contributed by atoms with E-state index in [9.17, 15) is 14.9 Å². The maximum Gasteiger partial charge on any atom is 0.245 e. The standard InChI is InChI=1S/C15H17N3O3/c1-17-14(19)13-10-21-8-7-18(13)15(20)12(9-16)11-5-3-2-4-6-11/h2-6,12-13H,7-8,10H2,1H3,(H,17,19). The van der Waals surface area contributed by atoms with Gasteiger partial charge in [-0.05, 0) is 5.56 Å². The van der Waals surface area contributed by atoms with Gasteiger partial charge in [0.15, 0.2) is 0 Å². The summed E-state index contributed by atoms with van der Waals surface area (Å²) in [6.45, 7) is 0.826. The fraction of sp³-hybridized carbons (Fsp3) is 0.400. The molecule has 1 aromatic rings. The molecule has 0 aromatic heterocycles. The molecule has 1 saturated heterocycles. The Morgan fingerprint density at radius 2 is 2.14 bits per heavy atom. The van der Waals surface area contributed by atoms with Crippen molar-refractivity contribution in [1.29, 1.82) is 5.26 Å². The number of benzene rings is 1. The summed E-state index contributed by atoms with van der Waals surface area (Å²) >= 11 is 0. The van der Waals surface area contributed by atoms with Gasteiger partial charge in [-0.1, -0.05) is 30.3 Å². The van der Waals surface area contributed by atoms with E-state index in [1.807, 2.05) is 12.1 Å². The molecule has 2 unspecified atom stereocenters. The van der Waals surface area contributed by atoms with Gasteiger partial charge in [0.1, 0.15) is 12.0 Å². The molecule has 0 bridgehead atoms. The minimum absolute atomic E-state index is 0.151. The first-order valence-corrected chi connectivity index (χ1v) is 6.73. The molecule has 0 saturated carbocycles. The second-order valence-corrected chi connectivity index (χ2v) is 4.71. The first-order valence-electron chi connectivity index (χ1n) is 6.73. The number of hydrogen-bond acceptors (Lipinski definition) is 4. The Kier molecular flexibility index (Phi) is 4.90. The van der Waals surface area contributed by atoms with Crippen LogP contribution in [0.25, 0.3) is 0 Å². The molecule has 1 N–H and O–H groups in total. The van der Waals surface area contributed by atoms with Crippen LogP contribution in [0, 0.1) is 11.3 Å². The van der Waals surface area contributed by atoms with Crippen LogP contribution >= 0.6 is 0 Å². The largest absolute Gasteiger partial charge is 0.377 e. The topological polar surface area (TPSA) is 82.4 Å². The summed E-state index contributed by atoms with van der Waals surface area (Å²) in [6, 6.07) is 10.2. The number of nitrogens with one attached hydrogen (secondary N) is 1. The predicted octanol–water partition coefficient (Wildman–Crippen LogP) is 0.267. The van der Waals surface area contributed by atoms with Crippen LogP contribution in [0.2, 0.25) is 0 Å². The number of carbonyl (C=O) groups is 2. The van der Waals surface area contributed by atoms with Crippen LogP contribution in [0.3, 0.4) is 0 Å². The van der Waals surface area contributed by atoms with Crippen LogP contribution in [-0.4, -0.2) is 49.6 Å². The molecule has 21 heavy (non-hydrogen) atoms. The van der Waals surface area contributed by atoms with E-state index in [0.29, 0.717) is 18.7 Å². The molecule has 2 amide bonds. The highest BCUT2D eigenvalue weighted by Crippen LogP contribution is 2.20. The zero-order valence-corrected chi connectivity index (χ0v) is 11.8. The van der Waals surface area contributed by atoms with Gasteiger partial charge in [-0.3, -0.25) is 9.59 Å². The Morgan fingerprint density at radius 1 is 1.43 bits per heavy atom. The van der Waals surface area contributed by atoms with Gasteiger partial charge >= 0.3 is 0 Å². The lowest BCUT2D eigenvalue weighted by molar-refractivity contribution is -0.148. The fourth-order valence-corrected chi connectivity index (χ4v) is 2.33. The minimum Gasteiger partial charge on any atom is -0.377 e. The lowest BCUT2D eigenvalue weighted by Crippen LogP contribution is -2.56. The summed E-state index contributed by atoms with van der Waals surface area (Å²) in [5, 5.41) is 11.9. The first kappa shape index (κ1) is 15.0. The van der Waals surface area contributed by atoms with Crippen LogP contribution in [-0.2, 0) is 14.3 Å². The Labute approximate surface area is 123 Å². The molecule has 2 atom stereocenters. The van der Waals surface area contributed by atoms with Crippen LogP contribution in [0.5, 0.6) is 0 Å². The number of nitriles is 1. The summed E-state index contributed by atoms with van der Waals surface area (Å²) < 4.78 is 5.27. The lowest BCUT2D eigenvalue weighted by Gasteiger charge is -2.35. The van der Waals surface area contributed by atoms with Gasteiger partial charge in [0.2, 0.25) is 11.8 Å². The van der Waals surface area contributed by atoms with Crippen LogP contribution in [0.4, 0.5) is 0 Å². The highest BCUT2D eigenvalue weighted by atomic mass is 16.5. The number of carbonyl (C=O) groups excluding carboxylic acids is 2. The molecule has 2 rings (SSSR count). The molecule has 6 heteroatoms. The maximum absolute atomic E-state index is 12.6. The Hall–Kier alpha value is -2.39. The van der Waals surface area contributed by atoms with Crippen molar-refractivity contribution in [2.24, 2.45) is 0 Å². The van der Waals surface area contributed by atoms with Crippen molar-refractivity contribution in [3.63, 3.8) is 0 Å². The smallest absolute Gasteiger partial charge is 0.245 e.